The first-order chi connectivity index (χ1) is 7.63. The van der Waals surface area contributed by atoms with Crippen molar-refractivity contribution in [3.8, 4) is 5.75 Å². The van der Waals surface area contributed by atoms with Crippen molar-refractivity contribution in [2.24, 2.45) is 0 Å². The molecule has 1 aromatic carbocycles. The quantitative estimate of drug-likeness (QED) is 0.840. The Morgan fingerprint density at radius 2 is 1.94 bits per heavy atom. The van der Waals surface area contributed by atoms with Crippen LogP contribution >= 0.6 is 0 Å². The maximum Gasteiger partial charge on any atom is 0.123 e. The van der Waals surface area contributed by atoms with E-state index in [1.165, 1.54) is 24.8 Å². The molecule has 2 nitrogen and oxygen atoms in total. The zero-order valence-electron chi connectivity index (χ0n) is 10.4. The average molecular weight is 219 g/mol. The van der Waals surface area contributed by atoms with Crippen molar-refractivity contribution in [2.45, 2.75) is 44.7 Å². The summed E-state index contributed by atoms with van der Waals surface area (Å²) in [5.41, 5.74) is 1.22. The summed E-state index contributed by atoms with van der Waals surface area (Å²) >= 11 is 0. The molecule has 16 heavy (non-hydrogen) atoms. The molecule has 2 rings (SSSR count). The van der Waals surface area contributed by atoms with Gasteiger partial charge in [0.25, 0.3) is 0 Å². The smallest absolute Gasteiger partial charge is 0.123 e. The third kappa shape index (κ3) is 2.22. The number of hydrogen-bond acceptors (Lipinski definition) is 2. The molecular formula is C14H21NO. The Balaban J connectivity index is 2.19. The predicted octanol–water partition coefficient (Wildman–Crippen LogP) is 3.07. The number of rotatable bonds is 4. The molecule has 0 spiro atoms. The Morgan fingerprint density at radius 1 is 1.25 bits per heavy atom. The van der Waals surface area contributed by atoms with E-state index in [4.69, 9.17) is 4.74 Å². The Morgan fingerprint density at radius 3 is 2.50 bits per heavy atom. The molecule has 0 saturated heterocycles. The van der Waals surface area contributed by atoms with E-state index in [1.54, 1.807) is 7.11 Å². The maximum absolute atomic E-state index is 5.42. The summed E-state index contributed by atoms with van der Waals surface area (Å²) in [6, 6.07) is 8.94. The predicted molar refractivity (Wildman–Crippen MR) is 66.8 cm³/mol. The lowest BCUT2D eigenvalue weighted by molar-refractivity contribution is 0.249. The maximum atomic E-state index is 5.42. The van der Waals surface area contributed by atoms with Gasteiger partial charge in [-0.2, -0.15) is 0 Å². The molecule has 88 valence electrons. The van der Waals surface area contributed by atoms with Gasteiger partial charge in [0, 0.05) is 17.1 Å². The van der Waals surface area contributed by atoms with Gasteiger partial charge in [-0.15, -0.1) is 0 Å². The second-order valence-corrected chi connectivity index (χ2v) is 5.10. The number of ether oxygens (including phenoxy) is 1. The molecule has 1 aliphatic rings. The molecule has 0 radical (unpaired) electrons. The lowest BCUT2D eigenvalue weighted by Gasteiger charge is -2.37. The van der Waals surface area contributed by atoms with Gasteiger partial charge < -0.3 is 10.1 Å². The molecule has 1 saturated carbocycles. The Hall–Kier alpha value is -1.02. The molecule has 0 atom stereocenters. The van der Waals surface area contributed by atoms with Crippen molar-refractivity contribution in [3.05, 3.63) is 29.8 Å². The number of nitrogens with one attached hydrogen (secondary N) is 1. The summed E-state index contributed by atoms with van der Waals surface area (Å²) in [7, 11) is 1.73. The summed E-state index contributed by atoms with van der Waals surface area (Å²) in [4.78, 5) is 0. The third-order valence-corrected chi connectivity index (χ3v) is 3.45. The monoisotopic (exact) mass is 219 g/mol. The molecule has 1 aliphatic carbocycles. The van der Waals surface area contributed by atoms with Crippen LogP contribution in [0.25, 0.3) is 0 Å². The van der Waals surface area contributed by atoms with Crippen LogP contribution in [0.4, 0.5) is 0 Å². The van der Waals surface area contributed by atoms with Crippen LogP contribution in [0, 0.1) is 0 Å². The normalized spacial score (nSPS) is 16.9. The lowest BCUT2D eigenvalue weighted by Crippen LogP contribution is -2.47. The van der Waals surface area contributed by atoms with Gasteiger partial charge in [-0.3, -0.25) is 0 Å². The minimum atomic E-state index is -0.0162. The minimum absolute atomic E-state index is 0.0162. The molecule has 0 unspecified atom stereocenters. The van der Waals surface area contributed by atoms with E-state index in [0.29, 0.717) is 6.04 Å². The van der Waals surface area contributed by atoms with Gasteiger partial charge in [0.15, 0.2) is 0 Å². The number of methoxy groups -OCH3 is 1. The van der Waals surface area contributed by atoms with Crippen LogP contribution in [0.2, 0.25) is 0 Å². The average Bonchev–Trinajstić information content (AvgIpc) is 2.24. The first kappa shape index (κ1) is 11.5. The van der Waals surface area contributed by atoms with Crippen LogP contribution in [0.15, 0.2) is 24.3 Å². The van der Waals surface area contributed by atoms with Gasteiger partial charge in [0.2, 0.25) is 0 Å². The van der Waals surface area contributed by atoms with E-state index in [1.807, 2.05) is 12.1 Å². The first-order valence-corrected chi connectivity index (χ1v) is 6.04. The summed E-state index contributed by atoms with van der Waals surface area (Å²) in [6.07, 6.45) is 3.97. The molecule has 0 aromatic heterocycles. The van der Waals surface area contributed by atoms with E-state index in [9.17, 15) is 0 Å². The number of benzene rings is 1. The van der Waals surface area contributed by atoms with E-state index in [-0.39, 0.29) is 5.54 Å². The summed E-state index contributed by atoms with van der Waals surface area (Å²) in [5.74, 6) is 0.972. The summed E-state index contributed by atoms with van der Waals surface area (Å²) in [5, 5.41) is 3.70. The fraction of sp³-hybridized carbons (Fsp3) is 0.571. The van der Waals surface area contributed by atoms with Crippen LogP contribution in [-0.4, -0.2) is 13.2 Å². The summed E-state index contributed by atoms with van der Waals surface area (Å²) in [6.45, 7) is 4.45. The molecular weight excluding hydrogens is 198 g/mol. The summed E-state index contributed by atoms with van der Waals surface area (Å²) < 4.78 is 5.42. The van der Waals surface area contributed by atoms with E-state index in [2.05, 4.69) is 31.3 Å². The van der Waals surface area contributed by atoms with E-state index in [0.717, 1.165) is 5.75 Å². The fourth-order valence-corrected chi connectivity index (χ4v) is 2.30. The first-order valence-electron chi connectivity index (χ1n) is 6.04. The number of hydrogen-bond donors (Lipinski definition) is 1. The van der Waals surface area contributed by atoms with Crippen LogP contribution < -0.4 is 10.1 Å². The third-order valence-electron chi connectivity index (χ3n) is 3.45. The highest BCUT2D eigenvalue weighted by Gasteiger charge is 2.29. The molecule has 1 aromatic rings. The highest BCUT2D eigenvalue weighted by Crippen LogP contribution is 2.32. The zero-order chi connectivity index (χ0) is 11.6. The topological polar surface area (TPSA) is 21.3 Å². The van der Waals surface area contributed by atoms with Crippen LogP contribution in [0.5, 0.6) is 5.75 Å². The Labute approximate surface area is 98.0 Å². The Kier molecular flexibility index (Phi) is 3.20. The molecule has 0 bridgehead atoms. The van der Waals surface area contributed by atoms with Crippen LogP contribution in [0.1, 0.15) is 38.7 Å². The lowest BCUT2D eigenvalue weighted by atomic mass is 9.86. The Bertz CT molecular complexity index is 356. The van der Waals surface area contributed by atoms with Gasteiger partial charge >= 0.3 is 0 Å². The molecule has 0 heterocycles. The molecule has 1 fully saturated rings. The van der Waals surface area contributed by atoms with Crippen molar-refractivity contribution >= 4 is 0 Å². The highest BCUT2D eigenvalue weighted by molar-refractivity contribution is 5.38. The fourth-order valence-electron chi connectivity index (χ4n) is 2.30. The zero-order valence-corrected chi connectivity index (χ0v) is 10.4. The van der Waals surface area contributed by atoms with Gasteiger partial charge in [-0.05, 0) is 32.8 Å². The second kappa shape index (κ2) is 4.46. The highest BCUT2D eigenvalue weighted by atomic mass is 16.5. The number of para-hydroxylation sites is 1. The van der Waals surface area contributed by atoms with Crippen molar-refractivity contribution < 1.29 is 4.74 Å². The largest absolute Gasteiger partial charge is 0.496 e. The van der Waals surface area contributed by atoms with Gasteiger partial charge in [0.1, 0.15) is 5.75 Å². The van der Waals surface area contributed by atoms with E-state index < -0.39 is 0 Å². The van der Waals surface area contributed by atoms with Crippen molar-refractivity contribution in [1.82, 2.24) is 5.32 Å². The molecule has 2 heteroatoms. The van der Waals surface area contributed by atoms with Crippen LogP contribution in [-0.2, 0) is 5.54 Å². The SMILES string of the molecule is COc1ccccc1C(C)(C)NC1CCC1. The second-order valence-electron chi connectivity index (χ2n) is 5.10. The molecule has 0 amide bonds. The van der Waals surface area contributed by atoms with Gasteiger partial charge in [-0.25, -0.2) is 0 Å². The standard InChI is InChI=1S/C14H21NO/c1-14(2,15-11-7-6-8-11)12-9-4-5-10-13(12)16-3/h4-5,9-11,15H,6-8H2,1-3H3. The van der Waals surface area contributed by atoms with E-state index >= 15 is 0 Å². The van der Waals surface area contributed by atoms with Crippen molar-refractivity contribution in [3.63, 3.8) is 0 Å². The molecule has 1 N–H and O–H groups in total. The minimum Gasteiger partial charge on any atom is -0.496 e. The van der Waals surface area contributed by atoms with Gasteiger partial charge in [0.05, 0.1) is 7.11 Å². The van der Waals surface area contributed by atoms with Crippen molar-refractivity contribution in [1.29, 1.82) is 0 Å². The molecule has 0 aliphatic heterocycles. The van der Waals surface area contributed by atoms with Gasteiger partial charge in [-0.1, -0.05) is 24.6 Å². The van der Waals surface area contributed by atoms with Crippen molar-refractivity contribution in [2.75, 3.05) is 7.11 Å². The van der Waals surface area contributed by atoms with Crippen LogP contribution in [0.3, 0.4) is 0 Å².